The van der Waals surface area contributed by atoms with E-state index in [1.807, 2.05) is 141 Å². The molecule has 704 valence electrons. The average Bonchev–Trinajstić information content (AvgIpc) is 1.60. The number of esters is 1. The maximum atomic E-state index is 11.3. The van der Waals surface area contributed by atoms with Gasteiger partial charge >= 0.3 is 5.97 Å². The van der Waals surface area contributed by atoms with Gasteiger partial charge in [0.25, 0.3) is 0 Å². The number of nitriles is 7. The van der Waals surface area contributed by atoms with Crippen LogP contribution < -0.4 is 33.8 Å². The number of hydrogen-bond donors (Lipinski definition) is 14. The van der Waals surface area contributed by atoms with Gasteiger partial charge in [-0.15, -0.1) is 0 Å². The summed E-state index contributed by atoms with van der Waals surface area (Å²) < 4.78 is 6.92. The summed E-state index contributed by atoms with van der Waals surface area (Å²) in [4.78, 5) is 15.3. The van der Waals surface area contributed by atoms with Crippen molar-refractivity contribution in [1.29, 1.82) is 36.8 Å². The zero-order valence-corrected chi connectivity index (χ0v) is 79.9. The third kappa shape index (κ3) is 36.7. The van der Waals surface area contributed by atoms with Crippen LogP contribution in [-0.4, -0.2) is 130 Å². The summed E-state index contributed by atoms with van der Waals surface area (Å²) >= 11 is 0. The van der Waals surface area contributed by atoms with Gasteiger partial charge < -0.3 is 110 Å². The van der Waals surface area contributed by atoms with Gasteiger partial charge in [0.15, 0.2) is 86.2 Å². The Labute approximate surface area is 825 Å². The van der Waals surface area contributed by atoms with Crippen LogP contribution in [0.3, 0.4) is 0 Å². The van der Waals surface area contributed by atoms with Crippen molar-refractivity contribution in [2.75, 3.05) is 51.6 Å². The second kappa shape index (κ2) is 58.2. The number of anilines is 2. The van der Waals surface area contributed by atoms with Crippen LogP contribution in [0.15, 0.2) is 266 Å². The van der Waals surface area contributed by atoms with Crippen LogP contribution in [-0.2, 0) is 32.0 Å². The van der Waals surface area contributed by atoms with Crippen molar-refractivity contribution >= 4 is 82.4 Å². The molecule has 2 aliphatic carbocycles. The number of nitrogens with zero attached hydrogens (tertiary/aromatic N) is 10. The molecule has 0 spiro atoms. The molecule has 0 radical (unpaired) electrons. The molecule has 13 rings (SSSR count). The van der Waals surface area contributed by atoms with Gasteiger partial charge in [0.2, 0.25) is 5.69 Å². The summed E-state index contributed by atoms with van der Waals surface area (Å²) in [5.41, 5.74) is 12.0. The summed E-state index contributed by atoms with van der Waals surface area (Å²) in [5.74, 6) is -2.81. The first-order chi connectivity index (χ1) is 64.6. The number of phenols is 14. The molecule has 10 aromatic rings. The molecular weight excluding hydrogens is 1890 g/mol. The van der Waals surface area contributed by atoms with Gasteiger partial charge in [-0.1, -0.05) is 191 Å². The molecule has 137 heavy (non-hydrogen) atoms. The van der Waals surface area contributed by atoms with Crippen molar-refractivity contribution in [1.82, 2.24) is 0 Å². The van der Waals surface area contributed by atoms with Crippen LogP contribution in [0, 0.1) is 85.2 Å². The molecule has 1 aliphatic heterocycles. The maximum Gasteiger partial charge on any atom is 0.348 e. The standard InChI is InChI=1S/C23H23NO2.C17H16N2O2.C16H17NO2.C15H18O2.C12H11NO4.C11H5N3O2.C10H6N2O2.C5H10.Fe.HI/c1-23(2)18-11-8-9-12-19(18)24(3)22(23)13-7-5-4-6-10-17-14-15-20(25)21(26)16-17;1-19(2)15-6-4-13(5-7-15)14(11-18)9-12-3-8-16(20)17(21)10-12;1-17(2)14-8-5-12(6-9-14)3-4-13-7-10-15(18)16(19)11-13;16-14-10-9-13(11-15(14)17)8-4-3-7-12-5-1-2-6-12;1-2-17-12(16)9(7-13)5-8-3-4-10(14)11(15)6-8;12-4-8(5-13)9(6-14)7-1-2-10(15)11(16)3-7;11-5-8(6-12)3-7-1-2-9(13)10(14)4-7;1-2-4-5-3-1;;/h4-16,26H,1-3H3;3-10,20-21H,1-2H3;3-11,18-19H,1-2H3;3-4,7-12,16-17H,1-2,5-6H2;3-6,14-15H,2H2,1H3;1-3,15-16H;1-4,13-14H;1-5H2;;1H/b;14-9+;4-3+;7-3+,8-4+;9-5+;;;;;. The van der Waals surface area contributed by atoms with E-state index in [1.54, 1.807) is 79.7 Å². The first-order valence-electron chi connectivity index (χ1n) is 42.4. The summed E-state index contributed by atoms with van der Waals surface area (Å²) in [6.45, 7) is 6.31. The fraction of sp³-hybridized carbons (Fsp3) is 0.183. The number of rotatable bonds is 18. The van der Waals surface area contributed by atoms with E-state index in [0.29, 0.717) is 22.3 Å². The minimum atomic E-state index is -0.720. The average molecular weight is 2000 g/mol. The Morgan fingerprint density at radius 3 is 1.15 bits per heavy atom. The molecule has 0 unspecified atom stereocenters. The molecular formula is C109H107FeIN10O16. The Morgan fingerprint density at radius 2 is 0.759 bits per heavy atom. The maximum absolute atomic E-state index is 11.3. The smallest absolute Gasteiger partial charge is 0.348 e. The fourth-order valence-corrected chi connectivity index (χ4v) is 13.2. The monoisotopic (exact) mass is 1990 g/mol. The van der Waals surface area contributed by atoms with Crippen LogP contribution in [0.1, 0.15) is 134 Å². The van der Waals surface area contributed by atoms with Gasteiger partial charge in [-0.2, -0.15) is 41.4 Å². The van der Waals surface area contributed by atoms with Crippen LogP contribution in [0.25, 0.3) is 53.7 Å². The molecule has 0 bridgehead atoms. The Balaban J connectivity index is 0.000000332. The van der Waals surface area contributed by atoms with E-state index < -0.39 is 11.7 Å². The second-order valence-electron chi connectivity index (χ2n) is 31.1. The molecule has 10 aromatic carbocycles. The number of allylic oxidation sites excluding steroid dienone is 12. The predicted octanol–water partition coefficient (Wildman–Crippen LogP) is 18.8. The molecule has 2 saturated carbocycles. The topological polar surface area (TPSA) is 486 Å². The van der Waals surface area contributed by atoms with Gasteiger partial charge in [-0.3, -0.25) is 0 Å². The van der Waals surface area contributed by atoms with E-state index in [9.17, 15) is 61.1 Å². The Bertz CT molecular complexity index is 6430. The van der Waals surface area contributed by atoms with Gasteiger partial charge in [0, 0.05) is 74.3 Å². The number of para-hydroxylation sites is 1. The molecule has 0 amide bonds. The first-order valence-corrected chi connectivity index (χ1v) is 42.4. The van der Waals surface area contributed by atoms with Crippen molar-refractivity contribution in [3.8, 4) is 123 Å². The van der Waals surface area contributed by atoms with Gasteiger partial charge in [0.05, 0.1) is 29.2 Å². The predicted molar refractivity (Wildman–Crippen MR) is 526 cm³/mol. The minimum absolute atomic E-state index is 0. The third-order valence-corrected chi connectivity index (χ3v) is 20.6. The van der Waals surface area contributed by atoms with Gasteiger partial charge in [-0.25, -0.2) is 4.79 Å². The van der Waals surface area contributed by atoms with E-state index in [0.717, 1.165) is 51.2 Å². The van der Waals surface area contributed by atoms with E-state index in [-0.39, 0.29) is 156 Å². The zero-order valence-electron chi connectivity index (χ0n) is 76.6. The number of ether oxygens (including phenoxy) is 1. The van der Waals surface area contributed by atoms with Gasteiger partial charge in [0.1, 0.15) is 60.2 Å². The Hall–Kier alpha value is -16.8. The molecule has 2 fully saturated rings. The SMILES string of the molecule is C1CCCC1.CCOC(=O)/C(C#N)=C/c1ccc(O)c(O)c1.CN(C)c1ccc(/C(C#N)=C/c2ccc(O)c(O)c2)cc1.CN(C)c1ccc(/C=C/c2ccc(O)c(O)c2)cc1.C[N+]1=C(/C=C/C=C/C=C/c2ccc(O)c(O)c2)C(C)(C)c2ccccc21.N#CC(C#N)=C(C#N)c1ccc(O)c(O)c1.N#CC(C#N)=Cc1ccc(O)c(O)c1.Oc1ccc(/C=C/C=C/C2CCCC2)cc1O.[Fe].[I-]. The number of aromatic hydroxyl groups is 14. The van der Waals surface area contributed by atoms with E-state index in [4.69, 9.17) is 52.0 Å². The quantitative estimate of drug-likeness (QED) is 0.00437. The molecule has 0 saturated heterocycles. The first kappa shape index (κ1) is 113. The van der Waals surface area contributed by atoms with Crippen molar-refractivity contribution in [3.05, 3.63) is 321 Å². The molecule has 0 atom stereocenters. The van der Waals surface area contributed by atoms with Crippen LogP contribution in [0.2, 0.25) is 0 Å². The number of halogens is 1. The molecule has 1 heterocycles. The Morgan fingerprint density at radius 1 is 0.394 bits per heavy atom. The molecule has 26 nitrogen and oxygen atoms in total. The zero-order chi connectivity index (χ0) is 99.1. The van der Waals surface area contributed by atoms with E-state index >= 15 is 0 Å². The van der Waals surface area contributed by atoms with Crippen LogP contribution >= 0.6 is 0 Å². The number of phenolic OH excluding ortho intramolecular Hbond substituents is 14. The number of carbonyl (C=O) groups excluding carboxylic acids is 1. The van der Waals surface area contributed by atoms with Gasteiger partial charge in [-0.05, 0) is 223 Å². The van der Waals surface area contributed by atoms with Crippen molar-refractivity contribution in [3.63, 3.8) is 0 Å². The van der Waals surface area contributed by atoms with Crippen molar-refractivity contribution in [2.45, 2.75) is 84.0 Å². The number of carbonyl (C=O) groups is 1. The van der Waals surface area contributed by atoms with E-state index in [2.05, 4.69) is 78.8 Å². The Kier molecular flexibility index (Phi) is 47.8. The molecule has 28 heteroatoms. The summed E-state index contributed by atoms with van der Waals surface area (Å²) in [7, 11) is 10.0. The van der Waals surface area contributed by atoms with Crippen molar-refractivity contribution < 1.29 is 127 Å². The van der Waals surface area contributed by atoms with Crippen LogP contribution in [0.5, 0.6) is 80.5 Å². The van der Waals surface area contributed by atoms with Crippen LogP contribution in [0.4, 0.5) is 17.1 Å². The van der Waals surface area contributed by atoms with E-state index in [1.165, 1.54) is 178 Å². The summed E-state index contributed by atoms with van der Waals surface area (Å²) in [6.07, 6.45) is 41.1. The number of hydrogen-bond acceptors (Lipinski definition) is 25. The second-order valence-corrected chi connectivity index (χ2v) is 31.1. The summed E-state index contributed by atoms with van der Waals surface area (Å²) in [5, 5.41) is 191. The minimum Gasteiger partial charge on any atom is -1.00 e. The fourth-order valence-electron chi connectivity index (χ4n) is 13.2. The largest absolute Gasteiger partial charge is 1.00 e. The molecule has 14 N–H and O–H groups in total. The summed E-state index contributed by atoms with van der Waals surface area (Å²) in [6, 6.07) is 66.9. The number of fused-ring (bicyclic) bond motifs is 1. The molecule has 3 aliphatic rings. The third-order valence-electron chi connectivity index (χ3n) is 20.6. The van der Waals surface area contributed by atoms with Crippen molar-refractivity contribution in [2.24, 2.45) is 5.92 Å². The normalized spacial score (nSPS) is 12.5. The number of benzene rings is 10. The molecule has 0 aromatic heterocycles.